The van der Waals surface area contributed by atoms with Crippen LogP contribution in [0.2, 0.25) is 0 Å². The Morgan fingerprint density at radius 1 is 1.38 bits per heavy atom. The number of H-pyrrole nitrogens is 1. The summed E-state index contributed by atoms with van der Waals surface area (Å²) in [7, 11) is 0. The van der Waals surface area contributed by atoms with Crippen molar-refractivity contribution in [2.75, 3.05) is 0 Å². The van der Waals surface area contributed by atoms with Crippen LogP contribution in [-0.4, -0.2) is 26.9 Å². The monoisotopic (exact) mass is 355 g/mol. The third-order valence-electron chi connectivity index (χ3n) is 4.79. The SMILES string of the molecule is Cc1cc(C)c(CNC(=O)C2c3cnn(C(C)C)c3N=CC2C)c(=O)[nH]1. The van der Waals surface area contributed by atoms with E-state index in [1.807, 2.05) is 45.4 Å². The largest absolute Gasteiger partial charge is 0.351 e. The first-order chi connectivity index (χ1) is 12.3. The van der Waals surface area contributed by atoms with Crippen molar-refractivity contribution in [1.82, 2.24) is 20.1 Å². The fourth-order valence-electron chi connectivity index (χ4n) is 3.42. The number of aromatic nitrogens is 3. The minimum absolute atomic E-state index is 0.0373. The van der Waals surface area contributed by atoms with E-state index in [1.165, 1.54) is 0 Å². The van der Waals surface area contributed by atoms with Crippen LogP contribution in [0.4, 0.5) is 5.82 Å². The summed E-state index contributed by atoms with van der Waals surface area (Å²) in [6.45, 7) is 9.95. The average molecular weight is 355 g/mol. The molecule has 26 heavy (non-hydrogen) atoms. The molecule has 0 fully saturated rings. The van der Waals surface area contributed by atoms with Crippen LogP contribution in [0.1, 0.15) is 55.1 Å². The zero-order valence-corrected chi connectivity index (χ0v) is 15.8. The maximum absolute atomic E-state index is 12.9. The van der Waals surface area contributed by atoms with Gasteiger partial charge in [-0.15, -0.1) is 0 Å². The van der Waals surface area contributed by atoms with Crippen molar-refractivity contribution in [3.8, 4) is 0 Å². The van der Waals surface area contributed by atoms with Gasteiger partial charge in [-0.3, -0.25) is 9.59 Å². The molecule has 0 bridgehead atoms. The van der Waals surface area contributed by atoms with E-state index in [-0.39, 0.29) is 35.9 Å². The number of nitrogens with zero attached hydrogens (tertiary/aromatic N) is 3. The van der Waals surface area contributed by atoms with E-state index >= 15 is 0 Å². The minimum Gasteiger partial charge on any atom is -0.351 e. The van der Waals surface area contributed by atoms with Crippen LogP contribution < -0.4 is 10.9 Å². The second kappa shape index (κ2) is 6.90. The van der Waals surface area contributed by atoms with E-state index in [4.69, 9.17) is 0 Å². The quantitative estimate of drug-likeness (QED) is 0.883. The number of carbonyl (C=O) groups is 1. The van der Waals surface area contributed by atoms with Gasteiger partial charge in [-0.05, 0) is 39.3 Å². The number of amides is 1. The Labute approximate surface area is 152 Å². The fraction of sp³-hybridized carbons (Fsp3) is 0.474. The Bertz CT molecular complexity index is 922. The van der Waals surface area contributed by atoms with Crippen molar-refractivity contribution in [1.29, 1.82) is 0 Å². The topological polar surface area (TPSA) is 92.1 Å². The van der Waals surface area contributed by atoms with Crippen molar-refractivity contribution in [3.05, 3.63) is 45.0 Å². The highest BCUT2D eigenvalue weighted by atomic mass is 16.2. The van der Waals surface area contributed by atoms with Crippen LogP contribution in [0.15, 0.2) is 22.1 Å². The average Bonchev–Trinajstić information content (AvgIpc) is 2.97. The lowest BCUT2D eigenvalue weighted by molar-refractivity contribution is -0.123. The van der Waals surface area contributed by atoms with E-state index in [1.54, 1.807) is 12.4 Å². The predicted molar refractivity (Wildman–Crippen MR) is 101 cm³/mol. The van der Waals surface area contributed by atoms with E-state index in [0.29, 0.717) is 5.56 Å². The molecule has 2 atom stereocenters. The third-order valence-corrected chi connectivity index (χ3v) is 4.79. The van der Waals surface area contributed by atoms with Gasteiger partial charge >= 0.3 is 0 Å². The van der Waals surface area contributed by atoms with Crippen molar-refractivity contribution in [2.45, 2.75) is 53.1 Å². The number of hydrogen-bond acceptors (Lipinski definition) is 4. The van der Waals surface area contributed by atoms with Gasteiger partial charge in [0.25, 0.3) is 5.56 Å². The van der Waals surface area contributed by atoms with Gasteiger partial charge in [0.2, 0.25) is 5.91 Å². The summed E-state index contributed by atoms with van der Waals surface area (Å²) in [4.78, 5) is 32.3. The van der Waals surface area contributed by atoms with E-state index < -0.39 is 0 Å². The molecule has 0 aliphatic carbocycles. The smallest absolute Gasteiger partial charge is 0.253 e. The summed E-state index contributed by atoms with van der Waals surface area (Å²) in [6, 6.07) is 2.07. The first-order valence-electron chi connectivity index (χ1n) is 8.88. The Morgan fingerprint density at radius 2 is 2.12 bits per heavy atom. The van der Waals surface area contributed by atoms with Gasteiger partial charge in [0.1, 0.15) is 0 Å². The fourth-order valence-corrected chi connectivity index (χ4v) is 3.42. The van der Waals surface area contributed by atoms with Crippen LogP contribution in [0.25, 0.3) is 0 Å². The second-order valence-corrected chi connectivity index (χ2v) is 7.24. The van der Waals surface area contributed by atoms with E-state index in [2.05, 4.69) is 20.4 Å². The first kappa shape index (κ1) is 18.1. The van der Waals surface area contributed by atoms with Crippen LogP contribution >= 0.6 is 0 Å². The molecular formula is C19H25N5O2. The molecule has 0 saturated heterocycles. The summed E-state index contributed by atoms with van der Waals surface area (Å²) in [6.07, 6.45) is 3.54. The zero-order valence-electron chi connectivity index (χ0n) is 15.8. The molecule has 1 aliphatic heterocycles. The molecule has 0 saturated carbocycles. The van der Waals surface area contributed by atoms with Crippen molar-refractivity contribution < 1.29 is 4.79 Å². The molecule has 3 heterocycles. The number of fused-ring (bicyclic) bond motifs is 1. The molecule has 138 valence electrons. The van der Waals surface area contributed by atoms with Gasteiger partial charge in [-0.1, -0.05) is 6.92 Å². The van der Waals surface area contributed by atoms with Crippen LogP contribution in [0, 0.1) is 19.8 Å². The minimum atomic E-state index is -0.361. The number of aliphatic imine (C=N–C) groups is 1. The van der Waals surface area contributed by atoms with Gasteiger partial charge in [-0.2, -0.15) is 5.10 Å². The number of nitrogens with one attached hydrogen (secondary N) is 2. The molecule has 2 aromatic heterocycles. The van der Waals surface area contributed by atoms with E-state index in [9.17, 15) is 9.59 Å². The summed E-state index contributed by atoms with van der Waals surface area (Å²) in [5.41, 5.74) is 2.94. The number of carbonyl (C=O) groups excluding carboxylic acids is 1. The number of hydrogen-bond donors (Lipinski definition) is 2. The Balaban J connectivity index is 1.83. The Morgan fingerprint density at radius 3 is 2.77 bits per heavy atom. The molecule has 7 nitrogen and oxygen atoms in total. The second-order valence-electron chi connectivity index (χ2n) is 7.24. The maximum atomic E-state index is 12.9. The molecule has 0 radical (unpaired) electrons. The van der Waals surface area contributed by atoms with Gasteiger partial charge in [0.05, 0.1) is 12.1 Å². The van der Waals surface area contributed by atoms with Crippen molar-refractivity contribution in [2.24, 2.45) is 10.9 Å². The highest BCUT2D eigenvalue weighted by Crippen LogP contribution is 2.37. The first-order valence-corrected chi connectivity index (χ1v) is 8.88. The van der Waals surface area contributed by atoms with Crippen LogP contribution in [-0.2, 0) is 11.3 Å². The maximum Gasteiger partial charge on any atom is 0.253 e. The summed E-state index contributed by atoms with van der Waals surface area (Å²) >= 11 is 0. The van der Waals surface area contributed by atoms with Gasteiger partial charge in [-0.25, -0.2) is 9.67 Å². The van der Waals surface area contributed by atoms with Crippen LogP contribution in [0.5, 0.6) is 0 Å². The molecular weight excluding hydrogens is 330 g/mol. The normalized spacial score (nSPS) is 18.8. The molecule has 7 heteroatoms. The number of aromatic amines is 1. The third kappa shape index (κ3) is 3.21. The molecule has 0 aromatic carbocycles. The predicted octanol–water partition coefficient (Wildman–Crippen LogP) is 2.52. The van der Waals surface area contributed by atoms with Gasteiger partial charge < -0.3 is 10.3 Å². The molecule has 2 unspecified atom stereocenters. The lowest BCUT2D eigenvalue weighted by atomic mass is 9.86. The Kier molecular flexibility index (Phi) is 4.80. The van der Waals surface area contributed by atoms with E-state index in [0.717, 1.165) is 22.6 Å². The number of rotatable bonds is 4. The lowest BCUT2D eigenvalue weighted by Gasteiger charge is -2.24. The zero-order chi connectivity index (χ0) is 19.0. The number of pyridine rings is 1. The number of aryl methyl sites for hydroxylation is 2. The molecule has 0 spiro atoms. The highest BCUT2D eigenvalue weighted by Gasteiger charge is 2.33. The van der Waals surface area contributed by atoms with Crippen molar-refractivity contribution in [3.63, 3.8) is 0 Å². The molecule has 1 amide bonds. The summed E-state index contributed by atoms with van der Waals surface area (Å²) in [5.74, 6) is 0.222. The summed E-state index contributed by atoms with van der Waals surface area (Å²) in [5, 5.41) is 7.31. The molecule has 2 N–H and O–H groups in total. The standard InChI is InChI=1S/C19H25N5O2/c1-10(2)24-17-15(9-22-24)16(12(4)7-20-17)19(26)21-8-14-11(3)6-13(5)23-18(14)25/h6-7,9-10,12,16H,8H2,1-5H3,(H,21,26)(H,23,25). The lowest BCUT2D eigenvalue weighted by Crippen LogP contribution is -2.35. The molecule has 1 aliphatic rings. The molecule has 2 aromatic rings. The van der Waals surface area contributed by atoms with Gasteiger partial charge in [0.15, 0.2) is 5.82 Å². The Hall–Kier alpha value is -2.70. The van der Waals surface area contributed by atoms with Crippen molar-refractivity contribution >= 4 is 17.9 Å². The highest BCUT2D eigenvalue weighted by molar-refractivity contribution is 5.90. The molecule has 3 rings (SSSR count). The summed E-state index contributed by atoms with van der Waals surface area (Å²) < 4.78 is 1.83. The van der Waals surface area contributed by atoms with Crippen LogP contribution in [0.3, 0.4) is 0 Å². The van der Waals surface area contributed by atoms with Gasteiger partial charge in [0, 0.05) is 41.5 Å².